The van der Waals surface area contributed by atoms with Gasteiger partial charge in [0.2, 0.25) is 5.91 Å². The minimum atomic E-state index is -0.155. The molecule has 0 radical (unpaired) electrons. The van der Waals surface area contributed by atoms with Crippen molar-refractivity contribution in [1.29, 1.82) is 0 Å². The molecule has 98 valence electrons. The number of benzene rings is 1. The second-order valence-corrected chi connectivity index (χ2v) is 4.96. The van der Waals surface area contributed by atoms with Crippen LogP contribution in [-0.2, 0) is 17.8 Å². The highest BCUT2D eigenvalue weighted by Gasteiger charge is 2.17. The van der Waals surface area contributed by atoms with Gasteiger partial charge in [0, 0.05) is 32.9 Å². The van der Waals surface area contributed by atoms with Crippen LogP contribution in [0.4, 0.5) is 5.69 Å². The molecule has 0 aromatic heterocycles. The highest BCUT2D eigenvalue weighted by molar-refractivity contribution is 5.80. The average Bonchev–Trinajstić information content (AvgIpc) is 2.83. The van der Waals surface area contributed by atoms with Crippen molar-refractivity contribution >= 4 is 11.6 Å². The molecule has 2 rings (SSSR count). The lowest BCUT2D eigenvalue weighted by molar-refractivity contribution is -0.130. The second-order valence-electron chi connectivity index (χ2n) is 4.96. The van der Waals surface area contributed by atoms with E-state index in [0.29, 0.717) is 0 Å². The molecule has 1 unspecified atom stereocenters. The Morgan fingerprint density at radius 2 is 2.28 bits per heavy atom. The molecule has 0 fully saturated rings. The van der Waals surface area contributed by atoms with E-state index in [0.717, 1.165) is 19.5 Å². The largest absolute Gasteiger partial charge is 0.384 e. The molecule has 1 amide bonds. The fourth-order valence-corrected chi connectivity index (χ4v) is 2.30. The van der Waals surface area contributed by atoms with E-state index < -0.39 is 0 Å². The summed E-state index contributed by atoms with van der Waals surface area (Å²) in [5, 5.41) is 6.69. The van der Waals surface area contributed by atoms with Gasteiger partial charge in [-0.05, 0) is 24.5 Å². The fraction of sp³-hybridized carbons (Fsp3) is 0.500. The first-order valence-electron chi connectivity index (χ1n) is 6.39. The van der Waals surface area contributed by atoms with Crippen LogP contribution < -0.4 is 10.6 Å². The molecule has 4 nitrogen and oxygen atoms in total. The highest BCUT2D eigenvalue weighted by Crippen LogP contribution is 2.26. The number of carbonyl (C=O) groups is 1. The van der Waals surface area contributed by atoms with Gasteiger partial charge in [-0.1, -0.05) is 18.2 Å². The average molecular weight is 247 g/mol. The van der Waals surface area contributed by atoms with E-state index in [1.54, 1.807) is 19.0 Å². The van der Waals surface area contributed by atoms with Crippen molar-refractivity contribution in [3.05, 3.63) is 29.3 Å². The zero-order valence-electron chi connectivity index (χ0n) is 11.3. The molecular formula is C14H21N3O. The van der Waals surface area contributed by atoms with Crippen LogP contribution >= 0.6 is 0 Å². The quantitative estimate of drug-likeness (QED) is 0.841. The summed E-state index contributed by atoms with van der Waals surface area (Å²) in [5.74, 6) is 0.107. The van der Waals surface area contributed by atoms with Gasteiger partial charge in [0.1, 0.15) is 0 Å². The van der Waals surface area contributed by atoms with Crippen LogP contribution in [0.5, 0.6) is 0 Å². The number of nitrogens with zero attached hydrogens (tertiary/aromatic N) is 1. The van der Waals surface area contributed by atoms with Crippen LogP contribution in [0.15, 0.2) is 18.2 Å². The van der Waals surface area contributed by atoms with E-state index in [9.17, 15) is 4.79 Å². The number of para-hydroxylation sites is 1. The Bertz CT molecular complexity index is 443. The predicted molar refractivity (Wildman–Crippen MR) is 73.6 cm³/mol. The molecule has 4 heteroatoms. The van der Waals surface area contributed by atoms with E-state index >= 15 is 0 Å². The molecule has 0 saturated heterocycles. The standard InChI is InChI=1S/C14H21N3O/c1-10(14(18)17(2)3)16-9-12-6-4-5-11-7-8-15-13(11)12/h4-6,10,15-16H,7-9H2,1-3H3. The molecule has 0 bridgehead atoms. The van der Waals surface area contributed by atoms with Crippen molar-refractivity contribution < 1.29 is 4.79 Å². The highest BCUT2D eigenvalue weighted by atomic mass is 16.2. The van der Waals surface area contributed by atoms with E-state index in [1.807, 2.05) is 6.92 Å². The summed E-state index contributed by atoms with van der Waals surface area (Å²) in [6.45, 7) is 3.63. The van der Waals surface area contributed by atoms with Gasteiger partial charge in [-0.2, -0.15) is 0 Å². The summed E-state index contributed by atoms with van der Waals surface area (Å²) >= 11 is 0. The zero-order valence-corrected chi connectivity index (χ0v) is 11.3. The van der Waals surface area contributed by atoms with Crippen LogP contribution in [0.25, 0.3) is 0 Å². The van der Waals surface area contributed by atoms with Gasteiger partial charge >= 0.3 is 0 Å². The SMILES string of the molecule is CC(NCc1cccc2c1NCC2)C(=O)N(C)C. The molecule has 1 aliphatic rings. The number of fused-ring (bicyclic) bond motifs is 1. The van der Waals surface area contributed by atoms with Crippen LogP contribution in [0, 0.1) is 0 Å². The molecule has 1 atom stereocenters. The third-order valence-electron chi connectivity index (χ3n) is 3.34. The molecule has 18 heavy (non-hydrogen) atoms. The van der Waals surface area contributed by atoms with E-state index in [4.69, 9.17) is 0 Å². The van der Waals surface area contributed by atoms with Crippen LogP contribution in [0.3, 0.4) is 0 Å². The third kappa shape index (κ3) is 2.64. The summed E-state index contributed by atoms with van der Waals surface area (Å²) in [7, 11) is 3.56. The summed E-state index contributed by atoms with van der Waals surface area (Å²) < 4.78 is 0. The molecule has 2 N–H and O–H groups in total. The maximum atomic E-state index is 11.7. The van der Waals surface area contributed by atoms with Crippen molar-refractivity contribution in [1.82, 2.24) is 10.2 Å². The van der Waals surface area contributed by atoms with Gasteiger partial charge < -0.3 is 15.5 Å². The van der Waals surface area contributed by atoms with Gasteiger partial charge in [0.25, 0.3) is 0 Å². The summed E-state index contributed by atoms with van der Waals surface area (Å²) in [4.78, 5) is 13.4. The summed E-state index contributed by atoms with van der Waals surface area (Å²) in [6, 6.07) is 6.20. The lowest BCUT2D eigenvalue weighted by Crippen LogP contribution is -2.41. The van der Waals surface area contributed by atoms with Gasteiger partial charge in [-0.15, -0.1) is 0 Å². The van der Waals surface area contributed by atoms with Crippen molar-refractivity contribution in [2.24, 2.45) is 0 Å². The lowest BCUT2D eigenvalue weighted by Gasteiger charge is -2.19. The second kappa shape index (κ2) is 5.40. The first-order chi connectivity index (χ1) is 8.59. The van der Waals surface area contributed by atoms with Crippen molar-refractivity contribution in [2.75, 3.05) is 26.0 Å². The number of anilines is 1. The molecular weight excluding hydrogens is 226 g/mol. The van der Waals surface area contributed by atoms with Crippen LogP contribution in [0.2, 0.25) is 0 Å². The number of hydrogen-bond acceptors (Lipinski definition) is 3. The lowest BCUT2D eigenvalue weighted by atomic mass is 10.1. The monoisotopic (exact) mass is 247 g/mol. The van der Waals surface area contributed by atoms with Gasteiger partial charge in [0.05, 0.1) is 6.04 Å². The van der Waals surface area contributed by atoms with Crippen LogP contribution in [0.1, 0.15) is 18.1 Å². The number of rotatable bonds is 4. The molecule has 1 heterocycles. The Balaban J connectivity index is 1.99. The van der Waals surface area contributed by atoms with Crippen molar-refractivity contribution in [3.63, 3.8) is 0 Å². The Morgan fingerprint density at radius 1 is 1.50 bits per heavy atom. The Morgan fingerprint density at radius 3 is 3.00 bits per heavy atom. The first-order valence-corrected chi connectivity index (χ1v) is 6.39. The zero-order chi connectivity index (χ0) is 13.1. The smallest absolute Gasteiger partial charge is 0.238 e. The fourth-order valence-electron chi connectivity index (χ4n) is 2.30. The van der Waals surface area contributed by atoms with E-state index in [2.05, 4.69) is 28.8 Å². The molecule has 0 aliphatic carbocycles. The third-order valence-corrected chi connectivity index (χ3v) is 3.34. The molecule has 1 aromatic carbocycles. The normalized spacial score (nSPS) is 14.8. The van der Waals surface area contributed by atoms with Crippen molar-refractivity contribution in [2.45, 2.75) is 25.9 Å². The van der Waals surface area contributed by atoms with Gasteiger partial charge in [0.15, 0.2) is 0 Å². The van der Waals surface area contributed by atoms with Gasteiger partial charge in [-0.3, -0.25) is 4.79 Å². The molecule has 1 aliphatic heterocycles. The maximum Gasteiger partial charge on any atom is 0.238 e. The predicted octanol–water partition coefficient (Wildman–Crippen LogP) is 1.22. The number of amides is 1. The number of hydrogen-bond donors (Lipinski definition) is 2. The minimum Gasteiger partial charge on any atom is -0.384 e. The molecule has 0 spiro atoms. The first kappa shape index (κ1) is 12.9. The molecule has 1 aromatic rings. The Kier molecular flexibility index (Phi) is 3.87. The summed E-state index contributed by atoms with van der Waals surface area (Å²) in [5.41, 5.74) is 3.86. The number of nitrogens with one attached hydrogen (secondary N) is 2. The van der Waals surface area contributed by atoms with Crippen molar-refractivity contribution in [3.8, 4) is 0 Å². The minimum absolute atomic E-state index is 0.107. The van der Waals surface area contributed by atoms with Crippen LogP contribution in [-0.4, -0.2) is 37.5 Å². The Hall–Kier alpha value is -1.55. The van der Waals surface area contributed by atoms with Gasteiger partial charge in [-0.25, -0.2) is 0 Å². The number of carbonyl (C=O) groups excluding carboxylic acids is 1. The molecule has 0 saturated carbocycles. The number of likely N-dealkylation sites (N-methyl/N-ethyl adjacent to an activating group) is 1. The Labute approximate surface area is 108 Å². The maximum absolute atomic E-state index is 11.7. The summed E-state index contributed by atoms with van der Waals surface area (Å²) in [6.07, 6.45) is 1.09. The van der Waals surface area contributed by atoms with E-state index in [-0.39, 0.29) is 11.9 Å². The topological polar surface area (TPSA) is 44.4 Å². The van der Waals surface area contributed by atoms with E-state index in [1.165, 1.54) is 16.8 Å².